The summed E-state index contributed by atoms with van der Waals surface area (Å²) in [6, 6.07) is 3.95. The van der Waals surface area contributed by atoms with Crippen LogP contribution in [0.25, 0.3) is 0 Å². The number of aromatic nitrogens is 1. The third-order valence-electron chi connectivity index (χ3n) is 5.70. The molecule has 2 aliphatic rings. The number of hydrogen-bond acceptors (Lipinski definition) is 4. The van der Waals surface area contributed by atoms with Crippen LogP contribution < -0.4 is 5.32 Å². The zero-order valence-corrected chi connectivity index (χ0v) is 16.3. The van der Waals surface area contributed by atoms with Crippen LogP contribution in [0.2, 0.25) is 0 Å². The zero-order chi connectivity index (χ0) is 20.9. The van der Waals surface area contributed by atoms with Gasteiger partial charge in [-0.15, -0.1) is 0 Å². The summed E-state index contributed by atoms with van der Waals surface area (Å²) in [5.41, 5.74) is 0.949. The highest BCUT2D eigenvalue weighted by Gasteiger charge is 2.36. The fourth-order valence-corrected chi connectivity index (χ4v) is 4.15. The van der Waals surface area contributed by atoms with Gasteiger partial charge in [-0.1, -0.05) is 6.07 Å². The van der Waals surface area contributed by atoms with Crippen molar-refractivity contribution < 1.29 is 22.8 Å². The van der Waals surface area contributed by atoms with Crippen LogP contribution in [0.4, 0.5) is 13.2 Å². The zero-order valence-electron chi connectivity index (χ0n) is 16.3. The minimum absolute atomic E-state index is 0.0244. The molecule has 3 heterocycles. The molecule has 0 aliphatic carbocycles. The molecule has 3 rings (SSSR count). The number of nitrogens with one attached hydrogen (secondary N) is 1. The van der Waals surface area contributed by atoms with E-state index >= 15 is 0 Å². The number of carbonyl (C=O) groups is 2. The summed E-state index contributed by atoms with van der Waals surface area (Å²) in [6.45, 7) is 2.67. The van der Waals surface area contributed by atoms with Gasteiger partial charge in [-0.3, -0.25) is 19.5 Å². The predicted molar refractivity (Wildman–Crippen MR) is 101 cm³/mol. The number of hydrogen-bond donors (Lipinski definition) is 1. The third-order valence-corrected chi connectivity index (χ3v) is 5.70. The third kappa shape index (κ3) is 6.42. The van der Waals surface area contributed by atoms with Gasteiger partial charge in [-0.25, -0.2) is 0 Å². The SMILES string of the molecule is O=C(NCc1cccnc1)C1CCCN(C2CCN(C(=O)CC(F)(F)F)CC2)C1. The maximum Gasteiger partial charge on any atom is 0.397 e. The van der Waals surface area contributed by atoms with Crippen LogP contribution in [0.15, 0.2) is 24.5 Å². The van der Waals surface area contributed by atoms with Gasteiger partial charge in [0.1, 0.15) is 6.42 Å². The van der Waals surface area contributed by atoms with Gasteiger partial charge < -0.3 is 10.2 Å². The second-order valence-electron chi connectivity index (χ2n) is 7.82. The van der Waals surface area contributed by atoms with E-state index in [9.17, 15) is 22.8 Å². The maximum atomic E-state index is 12.6. The van der Waals surface area contributed by atoms with Crippen molar-refractivity contribution in [2.45, 2.75) is 50.9 Å². The van der Waals surface area contributed by atoms with Crippen LogP contribution in [-0.2, 0) is 16.1 Å². The van der Waals surface area contributed by atoms with Crippen molar-refractivity contribution in [1.29, 1.82) is 0 Å². The van der Waals surface area contributed by atoms with Gasteiger partial charge in [0.15, 0.2) is 0 Å². The average Bonchev–Trinajstić information content (AvgIpc) is 2.72. The number of pyridine rings is 1. The van der Waals surface area contributed by atoms with E-state index in [2.05, 4.69) is 15.2 Å². The second-order valence-corrected chi connectivity index (χ2v) is 7.82. The van der Waals surface area contributed by atoms with Gasteiger partial charge in [-0.05, 0) is 43.9 Å². The van der Waals surface area contributed by atoms with Crippen molar-refractivity contribution in [3.63, 3.8) is 0 Å². The van der Waals surface area contributed by atoms with Crippen LogP contribution >= 0.6 is 0 Å². The minimum Gasteiger partial charge on any atom is -0.352 e. The van der Waals surface area contributed by atoms with Crippen molar-refractivity contribution >= 4 is 11.8 Å². The Hall–Kier alpha value is -2.16. The molecule has 0 radical (unpaired) electrons. The molecule has 2 aliphatic heterocycles. The van der Waals surface area contributed by atoms with E-state index in [1.807, 2.05) is 12.1 Å². The fraction of sp³-hybridized carbons (Fsp3) is 0.650. The number of nitrogens with zero attached hydrogens (tertiary/aromatic N) is 3. The van der Waals surface area contributed by atoms with Crippen LogP contribution in [0.3, 0.4) is 0 Å². The molecular formula is C20H27F3N4O2. The number of likely N-dealkylation sites (tertiary alicyclic amines) is 2. The van der Waals surface area contributed by atoms with E-state index in [0.717, 1.165) is 24.9 Å². The number of carbonyl (C=O) groups excluding carboxylic acids is 2. The fourth-order valence-electron chi connectivity index (χ4n) is 4.15. The standard InChI is InChI=1S/C20H27F3N4O2/c21-20(22,23)11-18(28)26-9-5-17(6-10-26)27-8-2-4-16(14-27)19(29)25-13-15-3-1-7-24-12-15/h1,3,7,12,16-17H,2,4-6,8-11,13-14H2,(H,25,29). The lowest BCUT2D eigenvalue weighted by Gasteiger charge is -2.42. The number of piperidine rings is 2. The number of amides is 2. The van der Waals surface area contributed by atoms with E-state index in [0.29, 0.717) is 39.0 Å². The summed E-state index contributed by atoms with van der Waals surface area (Å²) >= 11 is 0. The molecule has 29 heavy (non-hydrogen) atoms. The minimum atomic E-state index is -4.46. The van der Waals surface area contributed by atoms with Gasteiger partial charge in [0.2, 0.25) is 11.8 Å². The van der Waals surface area contributed by atoms with E-state index in [1.165, 1.54) is 4.90 Å². The van der Waals surface area contributed by atoms with Crippen molar-refractivity contribution in [3.05, 3.63) is 30.1 Å². The Labute approximate surface area is 168 Å². The number of alkyl halides is 3. The van der Waals surface area contributed by atoms with Gasteiger partial charge in [-0.2, -0.15) is 13.2 Å². The smallest absolute Gasteiger partial charge is 0.352 e. The predicted octanol–water partition coefficient (Wildman–Crippen LogP) is 2.35. The molecular weight excluding hydrogens is 385 g/mol. The molecule has 1 aromatic heterocycles. The summed E-state index contributed by atoms with van der Waals surface area (Å²) in [5.74, 6) is -0.913. The lowest BCUT2D eigenvalue weighted by molar-refractivity contribution is -0.162. The number of halogens is 3. The lowest BCUT2D eigenvalue weighted by atomic mass is 9.93. The molecule has 1 atom stereocenters. The van der Waals surface area contributed by atoms with E-state index in [1.54, 1.807) is 12.4 Å². The Morgan fingerprint density at radius 3 is 2.59 bits per heavy atom. The first kappa shape index (κ1) is 21.5. The van der Waals surface area contributed by atoms with Crippen LogP contribution in [-0.4, -0.2) is 65.0 Å². The highest BCUT2D eigenvalue weighted by Crippen LogP contribution is 2.26. The average molecular weight is 412 g/mol. The Balaban J connectivity index is 1.45. The molecule has 160 valence electrons. The van der Waals surface area contributed by atoms with Crippen molar-refractivity contribution in [2.75, 3.05) is 26.2 Å². The Kier molecular flexibility index (Phi) is 7.10. The Morgan fingerprint density at radius 1 is 1.17 bits per heavy atom. The molecule has 2 amide bonds. The molecule has 1 N–H and O–H groups in total. The monoisotopic (exact) mass is 412 g/mol. The molecule has 2 saturated heterocycles. The van der Waals surface area contributed by atoms with E-state index in [-0.39, 0.29) is 17.9 Å². The molecule has 0 saturated carbocycles. The van der Waals surface area contributed by atoms with Gasteiger partial charge in [0.05, 0.1) is 5.92 Å². The second kappa shape index (κ2) is 9.56. The largest absolute Gasteiger partial charge is 0.397 e. The van der Waals surface area contributed by atoms with Crippen molar-refractivity contribution in [3.8, 4) is 0 Å². The first-order valence-corrected chi connectivity index (χ1v) is 10.1. The first-order chi connectivity index (χ1) is 13.8. The van der Waals surface area contributed by atoms with Gasteiger partial charge in [0.25, 0.3) is 0 Å². The highest BCUT2D eigenvalue weighted by molar-refractivity contribution is 5.79. The van der Waals surface area contributed by atoms with Gasteiger partial charge in [0, 0.05) is 44.6 Å². The van der Waals surface area contributed by atoms with Crippen LogP contribution in [0, 0.1) is 5.92 Å². The molecule has 2 fully saturated rings. The summed E-state index contributed by atoms with van der Waals surface area (Å²) in [5, 5.41) is 2.97. The Bertz CT molecular complexity index is 691. The van der Waals surface area contributed by atoms with Crippen LogP contribution in [0.1, 0.15) is 37.7 Å². The van der Waals surface area contributed by atoms with E-state index in [4.69, 9.17) is 0 Å². The Morgan fingerprint density at radius 2 is 1.93 bits per heavy atom. The summed E-state index contributed by atoms with van der Waals surface area (Å²) < 4.78 is 37.3. The molecule has 0 bridgehead atoms. The summed E-state index contributed by atoms with van der Waals surface area (Å²) in [4.78, 5) is 31.9. The molecule has 0 aromatic carbocycles. The maximum absolute atomic E-state index is 12.6. The van der Waals surface area contributed by atoms with Crippen molar-refractivity contribution in [2.24, 2.45) is 5.92 Å². The molecule has 9 heteroatoms. The number of rotatable bonds is 5. The molecule has 0 spiro atoms. The van der Waals surface area contributed by atoms with Crippen LogP contribution in [0.5, 0.6) is 0 Å². The summed E-state index contributed by atoms with van der Waals surface area (Å²) in [6.07, 6.45) is 0.600. The topological polar surface area (TPSA) is 65.5 Å². The molecule has 1 aromatic rings. The highest BCUT2D eigenvalue weighted by atomic mass is 19.4. The van der Waals surface area contributed by atoms with Crippen molar-refractivity contribution in [1.82, 2.24) is 20.1 Å². The molecule has 6 nitrogen and oxygen atoms in total. The lowest BCUT2D eigenvalue weighted by Crippen LogP contribution is -2.51. The normalized spacial score (nSPS) is 21.8. The van der Waals surface area contributed by atoms with Gasteiger partial charge >= 0.3 is 6.18 Å². The quantitative estimate of drug-likeness (QED) is 0.807. The van der Waals surface area contributed by atoms with E-state index < -0.39 is 18.5 Å². The summed E-state index contributed by atoms with van der Waals surface area (Å²) in [7, 11) is 0. The first-order valence-electron chi connectivity index (χ1n) is 10.1. The molecule has 1 unspecified atom stereocenters.